The molecule has 0 radical (unpaired) electrons. The Hall–Kier alpha value is -2.29. The van der Waals surface area contributed by atoms with Crippen molar-refractivity contribution in [2.24, 2.45) is 0 Å². The summed E-state index contributed by atoms with van der Waals surface area (Å²) in [5.74, 6) is 0.732. The molecule has 0 atom stereocenters. The molecule has 3 aromatic heterocycles. The van der Waals surface area contributed by atoms with Crippen LogP contribution in [0.15, 0.2) is 11.0 Å². The van der Waals surface area contributed by atoms with Crippen molar-refractivity contribution < 1.29 is 10.2 Å². The standard InChI is InChI=1S/C18H22N4O3S/c1-9-11(3)26-18-15(9)17(25)21-14(22-18)4-5-19-7-13-12(8-23)6-20-10(2)16(13)24/h6,19,23-24H,4-5,7-8H2,1-3H3,(H,21,22,25). The molecule has 0 amide bonds. The van der Waals surface area contributed by atoms with Crippen LogP contribution < -0.4 is 10.9 Å². The molecule has 0 aromatic carbocycles. The van der Waals surface area contributed by atoms with Gasteiger partial charge in [-0.15, -0.1) is 11.3 Å². The Morgan fingerprint density at radius 1 is 1.31 bits per heavy atom. The van der Waals surface area contributed by atoms with Crippen LogP contribution >= 0.6 is 11.3 Å². The van der Waals surface area contributed by atoms with Gasteiger partial charge in [-0.05, 0) is 26.3 Å². The zero-order valence-corrected chi connectivity index (χ0v) is 15.8. The molecule has 0 fully saturated rings. The van der Waals surface area contributed by atoms with Crippen LogP contribution in [-0.4, -0.2) is 31.7 Å². The van der Waals surface area contributed by atoms with Crippen molar-refractivity contribution in [3.05, 3.63) is 49.6 Å². The van der Waals surface area contributed by atoms with E-state index in [9.17, 15) is 15.0 Å². The fourth-order valence-corrected chi connectivity index (χ4v) is 3.90. The van der Waals surface area contributed by atoms with Crippen LogP contribution in [0.5, 0.6) is 5.75 Å². The molecule has 0 saturated carbocycles. The Morgan fingerprint density at radius 2 is 2.08 bits per heavy atom. The van der Waals surface area contributed by atoms with E-state index in [0.29, 0.717) is 47.5 Å². The molecule has 0 aliphatic heterocycles. The predicted molar refractivity (Wildman–Crippen MR) is 102 cm³/mol. The number of nitrogens with one attached hydrogen (secondary N) is 2. The summed E-state index contributed by atoms with van der Waals surface area (Å²) in [7, 11) is 0. The number of aromatic nitrogens is 3. The second-order valence-corrected chi connectivity index (χ2v) is 7.46. The topological polar surface area (TPSA) is 111 Å². The third-order valence-electron chi connectivity index (χ3n) is 4.53. The number of aryl methyl sites for hydroxylation is 3. The number of thiophene rings is 1. The SMILES string of the molecule is Cc1ncc(CO)c(CNCCc2nc3sc(C)c(C)c3c(=O)[nH]2)c1O. The lowest BCUT2D eigenvalue weighted by molar-refractivity contribution is 0.278. The highest BCUT2D eigenvalue weighted by Gasteiger charge is 2.13. The number of hydrogen-bond donors (Lipinski definition) is 4. The number of pyridine rings is 1. The van der Waals surface area contributed by atoms with Crippen molar-refractivity contribution in [2.45, 2.75) is 40.3 Å². The Labute approximate surface area is 154 Å². The number of hydrogen-bond acceptors (Lipinski definition) is 7. The van der Waals surface area contributed by atoms with Gasteiger partial charge in [0.25, 0.3) is 5.56 Å². The first kappa shape index (κ1) is 18.5. The van der Waals surface area contributed by atoms with Crippen molar-refractivity contribution in [1.29, 1.82) is 0 Å². The average molecular weight is 374 g/mol. The smallest absolute Gasteiger partial charge is 0.259 e. The number of H-pyrrole nitrogens is 1. The van der Waals surface area contributed by atoms with Crippen molar-refractivity contribution in [3.8, 4) is 5.75 Å². The molecular formula is C18H22N4O3S. The molecule has 3 rings (SSSR count). The van der Waals surface area contributed by atoms with Gasteiger partial charge in [-0.25, -0.2) is 4.98 Å². The highest BCUT2D eigenvalue weighted by atomic mass is 32.1. The lowest BCUT2D eigenvalue weighted by Gasteiger charge is -2.12. The number of fused-ring (bicyclic) bond motifs is 1. The molecule has 0 spiro atoms. The van der Waals surface area contributed by atoms with Crippen LogP contribution in [0.3, 0.4) is 0 Å². The van der Waals surface area contributed by atoms with Gasteiger partial charge in [-0.1, -0.05) is 0 Å². The van der Waals surface area contributed by atoms with Gasteiger partial charge in [0.05, 0.1) is 17.7 Å². The first-order valence-electron chi connectivity index (χ1n) is 8.39. The van der Waals surface area contributed by atoms with E-state index >= 15 is 0 Å². The molecule has 0 aliphatic rings. The summed E-state index contributed by atoms with van der Waals surface area (Å²) in [6.07, 6.45) is 2.13. The summed E-state index contributed by atoms with van der Waals surface area (Å²) in [5.41, 5.74) is 2.65. The third-order valence-corrected chi connectivity index (χ3v) is 5.63. The first-order chi connectivity index (χ1) is 12.4. The molecule has 0 bridgehead atoms. The van der Waals surface area contributed by atoms with E-state index in [0.717, 1.165) is 15.3 Å². The van der Waals surface area contributed by atoms with Gasteiger partial charge in [-0.2, -0.15) is 0 Å². The zero-order chi connectivity index (χ0) is 18.8. The molecule has 26 heavy (non-hydrogen) atoms. The highest BCUT2D eigenvalue weighted by Crippen LogP contribution is 2.26. The lowest BCUT2D eigenvalue weighted by Crippen LogP contribution is -2.21. The van der Waals surface area contributed by atoms with Crippen LogP contribution in [0.1, 0.15) is 33.1 Å². The average Bonchev–Trinajstić information content (AvgIpc) is 2.90. The highest BCUT2D eigenvalue weighted by molar-refractivity contribution is 7.18. The summed E-state index contributed by atoms with van der Waals surface area (Å²) in [4.78, 5) is 25.6. The van der Waals surface area contributed by atoms with Gasteiger partial charge < -0.3 is 20.5 Å². The van der Waals surface area contributed by atoms with E-state index < -0.39 is 0 Å². The van der Waals surface area contributed by atoms with Crippen LogP contribution in [0.25, 0.3) is 10.2 Å². The molecule has 3 aromatic rings. The van der Waals surface area contributed by atoms with E-state index in [1.165, 1.54) is 11.3 Å². The van der Waals surface area contributed by atoms with Gasteiger partial charge in [0.15, 0.2) is 0 Å². The van der Waals surface area contributed by atoms with Crippen molar-refractivity contribution in [1.82, 2.24) is 20.3 Å². The Bertz CT molecular complexity index is 1010. The van der Waals surface area contributed by atoms with Crippen molar-refractivity contribution in [3.63, 3.8) is 0 Å². The minimum atomic E-state index is -0.180. The van der Waals surface area contributed by atoms with Crippen LogP contribution in [0.2, 0.25) is 0 Å². The quantitative estimate of drug-likeness (QED) is 0.490. The molecule has 138 valence electrons. The van der Waals surface area contributed by atoms with E-state index in [4.69, 9.17) is 0 Å². The maximum atomic E-state index is 12.3. The normalized spacial score (nSPS) is 11.4. The molecular weight excluding hydrogens is 352 g/mol. The van der Waals surface area contributed by atoms with Gasteiger partial charge in [0.2, 0.25) is 0 Å². The van der Waals surface area contributed by atoms with Gasteiger partial charge in [0, 0.05) is 41.7 Å². The van der Waals surface area contributed by atoms with Crippen molar-refractivity contribution in [2.75, 3.05) is 6.54 Å². The van der Waals surface area contributed by atoms with Gasteiger partial charge >= 0.3 is 0 Å². The monoisotopic (exact) mass is 374 g/mol. The molecule has 4 N–H and O–H groups in total. The Kier molecular flexibility index (Phi) is 5.36. The first-order valence-corrected chi connectivity index (χ1v) is 9.20. The molecule has 0 unspecified atom stereocenters. The summed E-state index contributed by atoms with van der Waals surface area (Å²) in [6, 6.07) is 0. The minimum absolute atomic E-state index is 0.0986. The second kappa shape index (κ2) is 7.53. The van der Waals surface area contributed by atoms with E-state index in [-0.39, 0.29) is 17.9 Å². The number of aromatic amines is 1. The fourth-order valence-electron chi connectivity index (χ4n) is 2.86. The van der Waals surface area contributed by atoms with E-state index in [1.54, 1.807) is 13.1 Å². The van der Waals surface area contributed by atoms with Crippen LogP contribution in [0, 0.1) is 20.8 Å². The van der Waals surface area contributed by atoms with E-state index in [2.05, 4.69) is 20.3 Å². The Morgan fingerprint density at radius 3 is 2.81 bits per heavy atom. The zero-order valence-electron chi connectivity index (χ0n) is 15.0. The second-order valence-electron chi connectivity index (χ2n) is 6.26. The number of aliphatic hydroxyl groups excluding tert-OH is 1. The molecule has 8 heteroatoms. The third kappa shape index (κ3) is 3.48. The van der Waals surface area contributed by atoms with Crippen LogP contribution in [-0.2, 0) is 19.6 Å². The number of nitrogens with zero attached hydrogens (tertiary/aromatic N) is 2. The number of aromatic hydroxyl groups is 1. The van der Waals surface area contributed by atoms with Gasteiger partial charge in [0.1, 0.15) is 16.4 Å². The van der Waals surface area contributed by atoms with Crippen LogP contribution in [0.4, 0.5) is 0 Å². The molecule has 7 nitrogen and oxygen atoms in total. The molecule has 3 heterocycles. The minimum Gasteiger partial charge on any atom is -0.506 e. The van der Waals surface area contributed by atoms with Crippen molar-refractivity contribution >= 4 is 21.6 Å². The maximum Gasteiger partial charge on any atom is 0.259 e. The fraction of sp³-hybridized carbons (Fsp3) is 0.389. The largest absolute Gasteiger partial charge is 0.506 e. The van der Waals surface area contributed by atoms with Gasteiger partial charge in [-0.3, -0.25) is 9.78 Å². The summed E-state index contributed by atoms with van der Waals surface area (Å²) < 4.78 is 0. The summed E-state index contributed by atoms with van der Waals surface area (Å²) in [6.45, 7) is 6.44. The van der Waals surface area contributed by atoms with E-state index in [1.807, 2.05) is 13.8 Å². The molecule has 0 saturated heterocycles. The Balaban J connectivity index is 1.69. The molecule has 0 aliphatic carbocycles. The predicted octanol–water partition coefficient (Wildman–Crippen LogP) is 1.84. The lowest BCUT2D eigenvalue weighted by atomic mass is 10.1. The summed E-state index contributed by atoms with van der Waals surface area (Å²) >= 11 is 1.53. The number of aliphatic hydroxyl groups is 1. The summed E-state index contributed by atoms with van der Waals surface area (Å²) in [5, 5.41) is 23.4. The maximum absolute atomic E-state index is 12.3. The number of rotatable bonds is 6.